The second-order valence-electron chi connectivity index (χ2n) is 5.24. The number of piperidine rings is 1. The maximum absolute atomic E-state index is 11.4. The molecular formula is C15H23N3O3. The molecule has 6 nitrogen and oxygen atoms in total. The average molecular weight is 293 g/mol. The number of likely N-dealkylation sites (tertiary alicyclic amines) is 1. The van der Waals surface area contributed by atoms with Crippen molar-refractivity contribution < 1.29 is 14.6 Å². The molecule has 1 aliphatic rings. The van der Waals surface area contributed by atoms with Gasteiger partial charge in [0.05, 0.1) is 19.3 Å². The van der Waals surface area contributed by atoms with E-state index in [2.05, 4.69) is 10.3 Å². The van der Waals surface area contributed by atoms with Crippen LogP contribution in [0.5, 0.6) is 0 Å². The number of amides is 1. The van der Waals surface area contributed by atoms with E-state index in [0.717, 1.165) is 32.5 Å². The Morgan fingerprint density at radius 3 is 2.57 bits per heavy atom. The summed E-state index contributed by atoms with van der Waals surface area (Å²) in [4.78, 5) is 13.7. The highest BCUT2D eigenvalue weighted by Crippen LogP contribution is 2.16. The molecular weight excluding hydrogens is 270 g/mol. The van der Waals surface area contributed by atoms with Crippen molar-refractivity contribution in [2.24, 2.45) is 5.84 Å². The summed E-state index contributed by atoms with van der Waals surface area (Å²) in [7, 11) is 0. The van der Waals surface area contributed by atoms with Gasteiger partial charge in [0, 0.05) is 25.2 Å². The first-order valence-electron chi connectivity index (χ1n) is 7.27. The summed E-state index contributed by atoms with van der Waals surface area (Å²) in [5.41, 5.74) is 3.87. The molecule has 0 unspecified atom stereocenters. The monoisotopic (exact) mass is 293 g/mol. The van der Waals surface area contributed by atoms with Crippen LogP contribution >= 0.6 is 0 Å². The van der Waals surface area contributed by atoms with Crippen LogP contribution in [0.4, 0.5) is 0 Å². The Kier molecular flexibility index (Phi) is 6.13. The van der Waals surface area contributed by atoms with Crippen LogP contribution in [-0.4, -0.2) is 48.3 Å². The molecule has 1 aromatic rings. The SMILES string of the molecule is NNC(=O)c1ccc(CN2CCC(OCCO)CC2)cc1. The second-order valence-corrected chi connectivity index (χ2v) is 5.24. The smallest absolute Gasteiger partial charge is 0.265 e. The van der Waals surface area contributed by atoms with Crippen LogP contribution in [-0.2, 0) is 11.3 Å². The lowest BCUT2D eigenvalue weighted by Crippen LogP contribution is -2.36. The highest BCUT2D eigenvalue weighted by atomic mass is 16.5. The Bertz CT molecular complexity index is 442. The van der Waals surface area contributed by atoms with Crippen LogP contribution in [0.25, 0.3) is 0 Å². The second kappa shape index (κ2) is 8.09. The molecule has 21 heavy (non-hydrogen) atoms. The van der Waals surface area contributed by atoms with Crippen molar-refractivity contribution in [1.29, 1.82) is 0 Å². The van der Waals surface area contributed by atoms with Crippen LogP contribution in [0.3, 0.4) is 0 Å². The molecule has 0 atom stereocenters. The highest BCUT2D eigenvalue weighted by molar-refractivity contribution is 5.93. The number of aliphatic hydroxyl groups is 1. The Labute approximate surface area is 124 Å². The first kappa shape index (κ1) is 15.9. The van der Waals surface area contributed by atoms with Gasteiger partial charge < -0.3 is 9.84 Å². The van der Waals surface area contributed by atoms with Gasteiger partial charge in [-0.2, -0.15) is 0 Å². The highest BCUT2D eigenvalue weighted by Gasteiger charge is 2.19. The van der Waals surface area contributed by atoms with E-state index in [0.29, 0.717) is 12.2 Å². The number of nitrogens with one attached hydrogen (secondary N) is 1. The van der Waals surface area contributed by atoms with E-state index in [4.69, 9.17) is 15.7 Å². The Morgan fingerprint density at radius 1 is 1.33 bits per heavy atom. The minimum absolute atomic E-state index is 0.0863. The van der Waals surface area contributed by atoms with Crippen molar-refractivity contribution in [3.05, 3.63) is 35.4 Å². The minimum Gasteiger partial charge on any atom is -0.394 e. The summed E-state index contributed by atoms with van der Waals surface area (Å²) in [5, 5.41) is 8.75. The van der Waals surface area contributed by atoms with Gasteiger partial charge >= 0.3 is 0 Å². The van der Waals surface area contributed by atoms with Gasteiger partial charge in [-0.1, -0.05) is 12.1 Å². The Balaban J connectivity index is 1.79. The van der Waals surface area contributed by atoms with Crippen LogP contribution in [0, 0.1) is 0 Å². The number of ether oxygens (including phenoxy) is 1. The molecule has 4 N–H and O–H groups in total. The molecule has 1 saturated heterocycles. The number of hydrogen-bond acceptors (Lipinski definition) is 5. The van der Waals surface area contributed by atoms with Gasteiger partial charge in [-0.25, -0.2) is 5.84 Å². The average Bonchev–Trinajstić information content (AvgIpc) is 2.54. The molecule has 0 aromatic heterocycles. The first-order chi connectivity index (χ1) is 10.2. The van der Waals surface area contributed by atoms with Crippen LogP contribution in [0.1, 0.15) is 28.8 Å². The quantitative estimate of drug-likeness (QED) is 0.398. The number of rotatable bonds is 6. The van der Waals surface area contributed by atoms with Crippen molar-refractivity contribution in [1.82, 2.24) is 10.3 Å². The lowest BCUT2D eigenvalue weighted by atomic mass is 10.1. The van der Waals surface area contributed by atoms with Crippen molar-refractivity contribution >= 4 is 5.91 Å². The van der Waals surface area contributed by atoms with Gasteiger partial charge in [-0.3, -0.25) is 15.1 Å². The fourth-order valence-electron chi connectivity index (χ4n) is 2.56. The summed E-state index contributed by atoms with van der Waals surface area (Å²) >= 11 is 0. The number of hydrogen-bond donors (Lipinski definition) is 3. The maximum atomic E-state index is 11.4. The van der Waals surface area contributed by atoms with E-state index in [1.807, 2.05) is 12.1 Å². The zero-order valence-electron chi connectivity index (χ0n) is 12.1. The van der Waals surface area contributed by atoms with Gasteiger partial charge in [-0.05, 0) is 30.5 Å². The van der Waals surface area contributed by atoms with E-state index in [-0.39, 0.29) is 18.6 Å². The molecule has 1 aliphatic heterocycles. The van der Waals surface area contributed by atoms with E-state index in [1.165, 1.54) is 5.56 Å². The fraction of sp³-hybridized carbons (Fsp3) is 0.533. The molecule has 1 aromatic carbocycles. The number of nitrogens with two attached hydrogens (primary N) is 1. The molecule has 1 fully saturated rings. The third kappa shape index (κ3) is 4.78. The Hall–Kier alpha value is -1.47. The standard InChI is InChI=1S/C15H23N3O3/c16-17-15(20)13-3-1-12(2-4-13)11-18-7-5-14(6-8-18)21-10-9-19/h1-4,14,19H,5-11,16H2,(H,17,20). The number of carbonyl (C=O) groups excluding carboxylic acids is 1. The van der Waals surface area contributed by atoms with Gasteiger partial charge in [0.25, 0.3) is 5.91 Å². The third-order valence-corrected chi connectivity index (χ3v) is 3.73. The zero-order chi connectivity index (χ0) is 15.1. The van der Waals surface area contributed by atoms with Crippen molar-refractivity contribution in [3.8, 4) is 0 Å². The molecule has 116 valence electrons. The summed E-state index contributed by atoms with van der Waals surface area (Å²) in [6, 6.07) is 7.49. The van der Waals surface area contributed by atoms with Gasteiger partial charge in [0.2, 0.25) is 0 Å². The molecule has 1 heterocycles. The van der Waals surface area contributed by atoms with Crippen molar-refractivity contribution in [2.45, 2.75) is 25.5 Å². The maximum Gasteiger partial charge on any atom is 0.265 e. The van der Waals surface area contributed by atoms with E-state index < -0.39 is 0 Å². The number of benzene rings is 1. The molecule has 0 saturated carbocycles. The lowest BCUT2D eigenvalue weighted by Gasteiger charge is -2.31. The molecule has 6 heteroatoms. The zero-order valence-corrected chi connectivity index (χ0v) is 12.1. The minimum atomic E-state index is -0.275. The fourth-order valence-corrected chi connectivity index (χ4v) is 2.56. The number of nitrogens with zero attached hydrogens (tertiary/aromatic N) is 1. The van der Waals surface area contributed by atoms with Crippen molar-refractivity contribution in [2.75, 3.05) is 26.3 Å². The third-order valence-electron chi connectivity index (χ3n) is 3.73. The molecule has 0 spiro atoms. The predicted octanol–water partition coefficient (Wildman–Crippen LogP) is 0.263. The summed E-state index contributed by atoms with van der Waals surface area (Å²) in [5.74, 6) is 4.83. The van der Waals surface area contributed by atoms with Crippen LogP contribution < -0.4 is 11.3 Å². The summed E-state index contributed by atoms with van der Waals surface area (Å²) in [6.07, 6.45) is 2.26. The van der Waals surface area contributed by atoms with Gasteiger partial charge in [0.1, 0.15) is 0 Å². The molecule has 1 amide bonds. The predicted molar refractivity (Wildman–Crippen MR) is 79.4 cm³/mol. The van der Waals surface area contributed by atoms with Crippen molar-refractivity contribution in [3.63, 3.8) is 0 Å². The molecule has 0 bridgehead atoms. The first-order valence-corrected chi connectivity index (χ1v) is 7.27. The van der Waals surface area contributed by atoms with E-state index in [9.17, 15) is 4.79 Å². The molecule has 0 aliphatic carbocycles. The van der Waals surface area contributed by atoms with Gasteiger partial charge in [-0.15, -0.1) is 0 Å². The van der Waals surface area contributed by atoms with E-state index >= 15 is 0 Å². The topological polar surface area (TPSA) is 87.8 Å². The van der Waals surface area contributed by atoms with Crippen LogP contribution in [0.15, 0.2) is 24.3 Å². The van der Waals surface area contributed by atoms with Gasteiger partial charge in [0.15, 0.2) is 0 Å². The van der Waals surface area contributed by atoms with E-state index in [1.54, 1.807) is 12.1 Å². The summed E-state index contributed by atoms with van der Waals surface area (Å²) < 4.78 is 5.55. The van der Waals surface area contributed by atoms with Crippen LogP contribution in [0.2, 0.25) is 0 Å². The molecule has 2 rings (SSSR count). The normalized spacial score (nSPS) is 16.9. The number of carbonyl (C=O) groups is 1. The number of hydrazine groups is 1. The number of nitrogen functional groups attached to an aromatic ring is 1. The lowest BCUT2D eigenvalue weighted by molar-refractivity contribution is -0.00901. The Morgan fingerprint density at radius 2 is 2.00 bits per heavy atom. The summed E-state index contributed by atoms with van der Waals surface area (Å²) in [6.45, 7) is 3.36. The largest absolute Gasteiger partial charge is 0.394 e. The number of aliphatic hydroxyl groups excluding tert-OH is 1. The molecule has 0 radical (unpaired) electrons.